The van der Waals surface area contributed by atoms with Gasteiger partial charge in [0.1, 0.15) is 6.04 Å². The summed E-state index contributed by atoms with van der Waals surface area (Å²) >= 11 is 0. The molecule has 0 saturated carbocycles. The molecule has 1 saturated heterocycles. The van der Waals surface area contributed by atoms with Gasteiger partial charge in [-0.3, -0.25) is 9.69 Å². The zero-order valence-corrected chi connectivity index (χ0v) is 13.2. The summed E-state index contributed by atoms with van der Waals surface area (Å²) < 4.78 is 0. The fourth-order valence-corrected chi connectivity index (χ4v) is 2.50. The number of hydrogen-bond acceptors (Lipinski definition) is 4. The molecule has 5 heteroatoms. The summed E-state index contributed by atoms with van der Waals surface area (Å²) in [6.07, 6.45) is 0. The van der Waals surface area contributed by atoms with E-state index in [9.17, 15) is 4.79 Å². The molecule has 0 aliphatic carbocycles. The molecule has 0 spiro atoms. The van der Waals surface area contributed by atoms with Crippen LogP contribution in [-0.2, 0) is 4.79 Å². The van der Waals surface area contributed by atoms with E-state index < -0.39 is 0 Å². The molecule has 1 aliphatic heterocycles. The van der Waals surface area contributed by atoms with E-state index in [-0.39, 0.29) is 11.9 Å². The minimum Gasteiger partial charge on any atom is -0.341 e. The van der Waals surface area contributed by atoms with Gasteiger partial charge in [0.25, 0.3) is 0 Å². The molecule has 0 radical (unpaired) electrons. The average molecular weight is 280 g/mol. The number of carbonyl (C=O) groups excluding carboxylic acids is 1. The zero-order chi connectivity index (χ0) is 15.1. The highest BCUT2D eigenvalue weighted by molar-refractivity contribution is 5.78. The van der Waals surface area contributed by atoms with Crippen LogP contribution in [0.5, 0.6) is 0 Å². The van der Waals surface area contributed by atoms with Crippen molar-refractivity contribution in [3.05, 3.63) is 0 Å². The second-order valence-electron chi connectivity index (χ2n) is 6.41. The van der Waals surface area contributed by atoms with Gasteiger partial charge in [-0.1, -0.05) is 27.7 Å². The molecule has 0 aromatic heterocycles. The minimum atomic E-state index is -0.187. The minimum absolute atomic E-state index is 0.148. The van der Waals surface area contributed by atoms with Crippen molar-refractivity contribution in [3.63, 3.8) is 0 Å². The second-order valence-corrected chi connectivity index (χ2v) is 6.41. The maximum absolute atomic E-state index is 12.5. The highest BCUT2D eigenvalue weighted by Crippen LogP contribution is 2.08. The van der Waals surface area contributed by atoms with Gasteiger partial charge in [-0.2, -0.15) is 5.26 Å². The van der Waals surface area contributed by atoms with Crippen LogP contribution in [-0.4, -0.2) is 61.0 Å². The molecule has 1 N–H and O–H groups in total. The van der Waals surface area contributed by atoms with E-state index in [4.69, 9.17) is 5.26 Å². The maximum atomic E-state index is 12.5. The number of hydrogen-bond donors (Lipinski definition) is 1. The largest absolute Gasteiger partial charge is 0.341 e. The molecule has 0 aromatic rings. The first kappa shape index (κ1) is 16.9. The van der Waals surface area contributed by atoms with Gasteiger partial charge in [0.15, 0.2) is 0 Å². The third-order valence-corrected chi connectivity index (χ3v) is 3.37. The van der Waals surface area contributed by atoms with Crippen LogP contribution in [0.4, 0.5) is 0 Å². The summed E-state index contributed by atoms with van der Waals surface area (Å²) in [4.78, 5) is 16.4. The van der Waals surface area contributed by atoms with Crippen LogP contribution in [0, 0.1) is 23.2 Å². The van der Waals surface area contributed by atoms with Gasteiger partial charge in [0.2, 0.25) is 5.91 Å². The van der Waals surface area contributed by atoms with Gasteiger partial charge in [0, 0.05) is 32.7 Å². The monoisotopic (exact) mass is 280 g/mol. The van der Waals surface area contributed by atoms with Gasteiger partial charge in [-0.25, -0.2) is 0 Å². The lowest BCUT2D eigenvalue weighted by atomic mass is 10.1. The molecule has 1 amide bonds. The first-order valence-corrected chi connectivity index (χ1v) is 7.56. The van der Waals surface area contributed by atoms with E-state index >= 15 is 0 Å². The van der Waals surface area contributed by atoms with Crippen LogP contribution in [0.3, 0.4) is 0 Å². The first-order valence-electron chi connectivity index (χ1n) is 7.56. The molecule has 0 aromatic carbocycles. The summed E-state index contributed by atoms with van der Waals surface area (Å²) in [6.45, 7) is 12.7. The van der Waals surface area contributed by atoms with E-state index in [0.717, 1.165) is 26.2 Å². The maximum Gasteiger partial charge on any atom is 0.236 e. The zero-order valence-electron chi connectivity index (χ0n) is 13.2. The van der Waals surface area contributed by atoms with Crippen molar-refractivity contribution in [1.29, 1.82) is 5.26 Å². The Morgan fingerprint density at radius 1 is 1.35 bits per heavy atom. The van der Waals surface area contributed by atoms with Crippen molar-refractivity contribution < 1.29 is 4.79 Å². The Labute approximate surface area is 122 Å². The second kappa shape index (κ2) is 8.23. The van der Waals surface area contributed by atoms with Gasteiger partial charge >= 0.3 is 0 Å². The van der Waals surface area contributed by atoms with Crippen LogP contribution >= 0.6 is 0 Å². The van der Waals surface area contributed by atoms with Crippen LogP contribution < -0.4 is 5.32 Å². The lowest BCUT2D eigenvalue weighted by molar-refractivity contribution is -0.134. The Kier molecular flexibility index (Phi) is 6.97. The standard InChI is InChI=1S/C15H28N4O/c1-12(2)9-19(10-13(3)4)15(20)11-18-6-5-17-8-14(18)7-16/h12-14,17H,5-6,8-11H2,1-4H3. The average Bonchev–Trinajstić information content (AvgIpc) is 2.37. The highest BCUT2D eigenvalue weighted by Gasteiger charge is 2.26. The summed E-state index contributed by atoms with van der Waals surface area (Å²) in [5, 5.41) is 12.3. The molecule has 1 unspecified atom stereocenters. The molecule has 114 valence electrons. The molecule has 5 nitrogen and oxygen atoms in total. The van der Waals surface area contributed by atoms with Crippen molar-refractivity contribution in [2.45, 2.75) is 33.7 Å². The molecular weight excluding hydrogens is 252 g/mol. The van der Waals surface area contributed by atoms with Crippen molar-refractivity contribution in [2.24, 2.45) is 11.8 Å². The SMILES string of the molecule is CC(C)CN(CC(C)C)C(=O)CN1CCNCC1C#N. The molecule has 1 fully saturated rings. The number of piperazine rings is 1. The van der Waals surface area contributed by atoms with Crippen molar-refractivity contribution >= 4 is 5.91 Å². The third kappa shape index (κ3) is 5.48. The predicted molar refractivity (Wildman–Crippen MR) is 80.1 cm³/mol. The van der Waals surface area contributed by atoms with E-state index in [2.05, 4.69) is 39.1 Å². The number of nitriles is 1. The van der Waals surface area contributed by atoms with E-state index in [1.807, 2.05) is 9.80 Å². The van der Waals surface area contributed by atoms with E-state index in [0.29, 0.717) is 24.9 Å². The normalized spacial score (nSPS) is 20.1. The fraction of sp³-hybridized carbons (Fsp3) is 0.867. The van der Waals surface area contributed by atoms with E-state index in [1.165, 1.54) is 0 Å². The van der Waals surface area contributed by atoms with Crippen molar-refractivity contribution in [2.75, 3.05) is 39.3 Å². The lowest BCUT2D eigenvalue weighted by Gasteiger charge is -2.34. The lowest BCUT2D eigenvalue weighted by Crippen LogP contribution is -2.54. The topological polar surface area (TPSA) is 59.4 Å². The quantitative estimate of drug-likeness (QED) is 0.786. The third-order valence-electron chi connectivity index (χ3n) is 3.37. The van der Waals surface area contributed by atoms with Gasteiger partial charge in [-0.15, -0.1) is 0 Å². The summed E-state index contributed by atoms with van der Waals surface area (Å²) in [7, 11) is 0. The van der Waals surface area contributed by atoms with Crippen LogP contribution in [0.1, 0.15) is 27.7 Å². The van der Waals surface area contributed by atoms with Crippen molar-refractivity contribution in [3.8, 4) is 6.07 Å². The van der Waals surface area contributed by atoms with Crippen LogP contribution in [0.15, 0.2) is 0 Å². The molecule has 1 aliphatic rings. The number of amides is 1. The number of carbonyl (C=O) groups is 1. The van der Waals surface area contributed by atoms with Gasteiger partial charge in [0.05, 0.1) is 12.6 Å². The van der Waals surface area contributed by atoms with Gasteiger partial charge in [-0.05, 0) is 11.8 Å². The van der Waals surface area contributed by atoms with Crippen molar-refractivity contribution in [1.82, 2.24) is 15.1 Å². The fourth-order valence-electron chi connectivity index (χ4n) is 2.50. The Bertz CT molecular complexity index is 338. The molecule has 1 heterocycles. The predicted octanol–water partition coefficient (Wildman–Crippen LogP) is 0.924. The van der Waals surface area contributed by atoms with Gasteiger partial charge < -0.3 is 10.2 Å². The summed E-state index contributed by atoms with van der Waals surface area (Å²) in [5.74, 6) is 1.08. The Morgan fingerprint density at radius 3 is 2.45 bits per heavy atom. The molecule has 1 rings (SSSR count). The molecular formula is C15H28N4O. The van der Waals surface area contributed by atoms with Crippen LogP contribution in [0.2, 0.25) is 0 Å². The molecule has 1 atom stereocenters. The summed E-state index contributed by atoms with van der Waals surface area (Å²) in [5.41, 5.74) is 0. The highest BCUT2D eigenvalue weighted by atomic mass is 16.2. The Morgan fingerprint density at radius 2 is 1.95 bits per heavy atom. The summed E-state index contributed by atoms with van der Waals surface area (Å²) in [6, 6.07) is 2.09. The number of nitrogens with one attached hydrogen (secondary N) is 1. The molecule has 0 bridgehead atoms. The number of rotatable bonds is 6. The molecule has 20 heavy (non-hydrogen) atoms. The van der Waals surface area contributed by atoms with E-state index in [1.54, 1.807) is 0 Å². The smallest absolute Gasteiger partial charge is 0.236 e. The van der Waals surface area contributed by atoms with Crippen LogP contribution in [0.25, 0.3) is 0 Å². The number of nitrogens with zero attached hydrogens (tertiary/aromatic N) is 3. The Hall–Kier alpha value is -1.12. The first-order chi connectivity index (χ1) is 9.43. The Balaban J connectivity index is 2.62.